The van der Waals surface area contributed by atoms with Gasteiger partial charge in [0.15, 0.2) is 0 Å². The monoisotopic (exact) mass is 510 g/mol. The van der Waals surface area contributed by atoms with Crippen molar-refractivity contribution in [3.05, 3.63) is 61.1 Å². The van der Waals surface area contributed by atoms with E-state index in [2.05, 4.69) is 19.2 Å². The second-order valence-corrected chi connectivity index (χ2v) is 9.08. The summed E-state index contributed by atoms with van der Waals surface area (Å²) in [7, 11) is -3.32. The van der Waals surface area contributed by atoms with Crippen molar-refractivity contribution in [3.63, 3.8) is 0 Å². The Labute approximate surface area is 194 Å². The number of benzene rings is 2. The number of ether oxygens (including phenoxy) is 1. The first-order valence-electron chi connectivity index (χ1n) is 9.26. The molecule has 0 atom stereocenters. The maximum absolute atomic E-state index is 13.2. The Hall–Kier alpha value is -3.78. The van der Waals surface area contributed by atoms with Gasteiger partial charge in [0.25, 0.3) is 15.2 Å². The molecule has 9 nitrogen and oxygen atoms in total. The molecule has 14 heteroatoms. The fraction of sp³-hybridized carbons (Fsp3) is 0.100. The van der Waals surface area contributed by atoms with Crippen LogP contribution in [0.5, 0.6) is 5.75 Å². The maximum Gasteiger partial charge on any atom is 0.493 e. The van der Waals surface area contributed by atoms with Gasteiger partial charge in [-0.25, -0.2) is 9.78 Å². The smallest absolute Gasteiger partial charge is 0.493 e. The molecule has 34 heavy (non-hydrogen) atoms. The molecular weight excluding hydrogens is 497 g/mol. The molecule has 2 aromatic carbocycles. The van der Waals surface area contributed by atoms with Gasteiger partial charge in [0.1, 0.15) is 12.1 Å². The second kappa shape index (κ2) is 8.87. The van der Waals surface area contributed by atoms with Crippen molar-refractivity contribution < 1.29 is 36.0 Å². The van der Waals surface area contributed by atoms with Crippen LogP contribution in [0.15, 0.2) is 66.0 Å². The molecule has 0 spiro atoms. The summed E-state index contributed by atoms with van der Waals surface area (Å²) in [6, 6.07) is 12.6. The standard InChI is InChI=1S/C20H13F3N4O5S2/c1-31-17-5-3-2-4-15(17)13-8-9-24-16-10-12(6-7-14(13)16)34(29,30)27(19-25-11-26-33-19)32-18(28)20(21,22)23/h2-11H,1H3. The first-order valence-corrected chi connectivity index (χ1v) is 11.5. The van der Waals surface area contributed by atoms with E-state index in [1.807, 2.05) is 6.07 Å². The average molecular weight is 510 g/mol. The fourth-order valence-corrected chi connectivity index (χ4v) is 4.94. The zero-order chi connectivity index (χ0) is 24.5. The van der Waals surface area contributed by atoms with Crippen molar-refractivity contribution in [3.8, 4) is 16.9 Å². The lowest BCUT2D eigenvalue weighted by molar-refractivity contribution is -0.199. The van der Waals surface area contributed by atoms with E-state index >= 15 is 0 Å². The van der Waals surface area contributed by atoms with Crippen LogP contribution >= 0.6 is 11.5 Å². The highest BCUT2D eigenvalue weighted by Gasteiger charge is 2.45. The number of para-hydroxylation sites is 1. The van der Waals surface area contributed by atoms with Crippen LogP contribution in [0.4, 0.5) is 18.3 Å². The third-order valence-corrected chi connectivity index (χ3v) is 6.81. The Bertz CT molecular complexity index is 1460. The third-order valence-electron chi connectivity index (χ3n) is 4.53. The highest BCUT2D eigenvalue weighted by atomic mass is 32.2. The molecule has 0 aliphatic heterocycles. The van der Waals surface area contributed by atoms with Crippen molar-refractivity contribution in [2.45, 2.75) is 11.1 Å². The lowest BCUT2D eigenvalue weighted by atomic mass is 10.0. The molecule has 0 unspecified atom stereocenters. The van der Waals surface area contributed by atoms with Crippen LogP contribution in [0.1, 0.15) is 0 Å². The molecule has 0 bridgehead atoms. The predicted molar refractivity (Wildman–Crippen MR) is 115 cm³/mol. The molecule has 0 amide bonds. The van der Waals surface area contributed by atoms with Gasteiger partial charge in [0.05, 0.1) is 17.5 Å². The molecule has 4 aromatic rings. The summed E-state index contributed by atoms with van der Waals surface area (Å²) in [5, 5.41) is -0.0332. The van der Waals surface area contributed by atoms with E-state index in [0.29, 0.717) is 28.2 Å². The lowest BCUT2D eigenvalue weighted by Crippen LogP contribution is -2.38. The van der Waals surface area contributed by atoms with E-state index in [1.54, 1.807) is 24.3 Å². The average Bonchev–Trinajstić information content (AvgIpc) is 3.35. The van der Waals surface area contributed by atoms with Gasteiger partial charge in [-0.1, -0.05) is 28.7 Å². The number of carbonyl (C=O) groups is 1. The van der Waals surface area contributed by atoms with Crippen molar-refractivity contribution in [1.29, 1.82) is 0 Å². The SMILES string of the molecule is COc1ccccc1-c1ccnc2cc(S(=O)(=O)N(OC(=O)C(F)(F)F)c3ncns3)ccc12. The number of alkyl halides is 3. The number of fused-ring (bicyclic) bond motifs is 1. The zero-order valence-electron chi connectivity index (χ0n) is 17.1. The fourth-order valence-electron chi connectivity index (χ4n) is 3.05. The first-order chi connectivity index (χ1) is 16.1. The molecule has 0 N–H and O–H groups in total. The molecule has 0 saturated heterocycles. The van der Waals surface area contributed by atoms with E-state index in [0.717, 1.165) is 24.0 Å². The summed E-state index contributed by atoms with van der Waals surface area (Å²) < 4.78 is 73.4. The number of nitrogens with zero attached hydrogens (tertiary/aromatic N) is 4. The van der Waals surface area contributed by atoms with E-state index in [-0.39, 0.29) is 9.99 Å². The van der Waals surface area contributed by atoms with Crippen LogP contribution in [-0.4, -0.2) is 42.0 Å². The van der Waals surface area contributed by atoms with Gasteiger partial charge in [-0.2, -0.15) is 26.0 Å². The van der Waals surface area contributed by atoms with E-state index in [1.165, 1.54) is 19.4 Å². The number of aromatic nitrogens is 3. The van der Waals surface area contributed by atoms with Crippen LogP contribution in [0.3, 0.4) is 0 Å². The van der Waals surface area contributed by atoms with Gasteiger partial charge in [0, 0.05) is 28.7 Å². The summed E-state index contributed by atoms with van der Waals surface area (Å²) in [6.45, 7) is 0. The first kappa shape index (κ1) is 23.4. The summed E-state index contributed by atoms with van der Waals surface area (Å²) in [5.74, 6) is -2.16. The van der Waals surface area contributed by atoms with Crippen molar-refractivity contribution in [1.82, 2.24) is 14.3 Å². The minimum atomic E-state index is -5.44. The quantitative estimate of drug-likeness (QED) is 0.358. The zero-order valence-corrected chi connectivity index (χ0v) is 18.7. The van der Waals surface area contributed by atoms with Gasteiger partial charge < -0.3 is 9.57 Å². The molecule has 0 saturated carbocycles. The maximum atomic E-state index is 13.2. The molecule has 0 aliphatic carbocycles. The largest absolute Gasteiger partial charge is 0.496 e. The number of rotatable bonds is 6. The second-order valence-electron chi connectivity index (χ2n) is 6.57. The number of hydrogen-bond acceptors (Lipinski definition) is 9. The number of carbonyl (C=O) groups excluding carboxylic acids is 1. The van der Waals surface area contributed by atoms with Gasteiger partial charge >= 0.3 is 12.1 Å². The number of halogens is 3. The normalized spacial score (nSPS) is 11.9. The van der Waals surface area contributed by atoms with Crippen molar-refractivity contribution >= 4 is 43.6 Å². The Kier molecular flexibility index (Phi) is 6.10. The topological polar surface area (TPSA) is 112 Å². The molecule has 0 fully saturated rings. The molecule has 0 aliphatic rings. The Morgan fingerprint density at radius 3 is 2.50 bits per heavy atom. The van der Waals surface area contributed by atoms with Crippen molar-refractivity contribution in [2.24, 2.45) is 0 Å². The number of anilines is 1. The van der Waals surface area contributed by atoms with Gasteiger partial charge in [-0.15, -0.1) is 0 Å². The molecule has 176 valence electrons. The van der Waals surface area contributed by atoms with Crippen LogP contribution in [0.2, 0.25) is 0 Å². The van der Waals surface area contributed by atoms with Gasteiger partial charge in [-0.3, -0.25) is 4.98 Å². The van der Waals surface area contributed by atoms with Gasteiger partial charge in [0.2, 0.25) is 0 Å². The Morgan fingerprint density at radius 2 is 1.82 bits per heavy atom. The number of methoxy groups -OCH3 is 1. The van der Waals surface area contributed by atoms with E-state index in [9.17, 15) is 26.4 Å². The summed E-state index contributed by atoms with van der Waals surface area (Å²) in [6.07, 6.45) is -3.08. The summed E-state index contributed by atoms with van der Waals surface area (Å²) >= 11 is 0.424. The van der Waals surface area contributed by atoms with E-state index in [4.69, 9.17) is 4.74 Å². The van der Waals surface area contributed by atoms with Crippen LogP contribution in [0.25, 0.3) is 22.0 Å². The highest BCUT2D eigenvalue weighted by Crippen LogP contribution is 2.35. The van der Waals surface area contributed by atoms with Gasteiger partial charge in [-0.05, 0) is 29.8 Å². The highest BCUT2D eigenvalue weighted by molar-refractivity contribution is 7.92. The summed E-state index contributed by atoms with van der Waals surface area (Å²) in [5.41, 5.74) is 1.64. The minimum Gasteiger partial charge on any atom is -0.496 e. The summed E-state index contributed by atoms with van der Waals surface area (Å²) in [4.78, 5) is 22.8. The lowest BCUT2D eigenvalue weighted by Gasteiger charge is -2.20. The van der Waals surface area contributed by atoms with Crippen LogP contribution in [-0.2, 0) is 19.7 Å². The van der Waals surface area contributed by atoms with Crippen molar-refractivity contribution in [2.75, 3.05) is 11.6 Å². The molecule has 2 aromatic heterocycles. The number of sulfonamides is 1. The Morgan fingerprint density at radius 1 is 1.06 bits per heavy atom. The molecule has 4 rings (SSSR count). The molecular formula is C20H13F3N4O5S2. The predicted octanol–water partition coefficient (Wildman–Crippen LogP) is 3.98. The molecule has 0 radical (unpaired) electrons. The number of pyridine rings is 1. The van der Waals surface area contributed by atoms with Crippen LogP contribution in [0, 0.1) is 0 Å². The van der Waals surface area contributed by atoms with Crippen LogP contribution < -0.4 is 9.21 Å². The minimum absolute atomic E-state index is 0.203. The third kappa shape index (κ3) is 4.36. The van der Waals surface area contributed by atoms with E-state index < -0.39 is 32.2 Å². The molecule has 2 heterocycles. The number of hydrogen-bond donors (Lipinski definition) is 0. The Balaban J connectivity index is 1.81.